The SMILES string of the molecule is CCn1nc(C(F)(F)F)cc1-c1ccc2[nH]c(-c3c(F)cccc3Cl)cc2n1. The van der Waals surface area contributed by atoms with Crippen molar-refractivity contribution < 1.29 is 17.6 Å². The molecule has 0 aliphatic rings. The van der Waals surface area contributed by atoms with Gasteiger partial charge in [0.25, 0.3) is 0 Å². The van der Waals surface area contributed by atoms with Crippen molar-refractivity contribution in [3.8, 4) is 22.6 Å². The molecule has 4 aromatic rings. The molecular formula is C19H13ClF4N4. The molecule has 0 radical (unpaired) electrons. The highest BCUT2D eigenvalue weighted by Gasteiger charge is 2.35. The van der Waals surface area contributed by atoms with E-state index in [1.165, 1.54) is 16.8 Å². The van der Waals surface area contributed by atoms with E-state index in [9.17, 15) is 17.6 Å². The zero-order chi connectivity index (χ0) is 20.1. The third-order valence-corrected chi connectivity index (χ3v) is 4.65. The lowest BCUT2D eigenvalue weighted by atomic mass is 10.1. The number of aromatic amines is 1. The largest absolute Gasteiger partial charge is 0.435 e. The number of hydrogen-bond donors (Lipinski definition) is 1. The molecule has 9 heteroatoms. The molecular weight excluding hydrogens is 396 g/mol. The van der Waals surface area contributed by atoms with E-state index in [-0.39, 0.29) is 22.8 Å². The summed E-state index contributed by atoms with van der Waals surface area (Å²) in [5, 5.41) is 3.85. The smallest absolute Gasteiger partial charge is 0.353 e. The van der Waals surface area contributed by atoms with Crippen LogP contribution in [0, 0.1) is 5.82 Å². The van der Waals surface area contributed by atoms with Crippen molar-refractivity contribution in [3.05, 3.63) is 59.0 Å². The van der Waals surface area contributed by atoms with Gasteiger partial charge in [0.1, 0.15) is 5.82 Å². The number of fused-ring (bicyclic) bond motifs is 1. The molecule has 0 amide bonds. The number of aromatic nitrogens is 4. The van der Waals surface area contributed by atoms with Gasteiger partial charge in [-0.3, -0.25) is 4.68 Å². The van der Waals surface area contributed by atoms with Crippen LogP contribution in [0.15, 0.2) is 42.5 Å². The highest BCUT2D eigenvalue weighted by Crippen LogP contribution is 2.34. The van der Waals surface area contributed by atoms with Gasteiger partial charge in [-0.2, -0.15) is 18.3 Å². The summed E-state index contributed by atoms with van der Waals surface area (Å²) in [7, 11) is 0. The van der Waals surface area contributed by atoms with Gasteiger partial charge >= 0.3 is 6.18 Å². The summed E-state index contributed by atoms with van der Waals surface area (Å²) in [5.41, 5.74) is 1.34. The molecule has 0 fully saturated rings. The molecule has 0 atom stereocenters. The lowest BCUT2D eigenvalue weighted by Gasteiger charge is -2.03. The van der Waals surface area contributed by atoms with E-state index >= 15 is 0 Å². The van der Waals surface area contributed by atoms with Gasteiger partial charge < -0.3 is 4.98 Å². The number of nitrogens with zero attached hydrogens (tertiary/aromatic N) is 3. The quantitative estimate of drug-likeness (QED) is 0.427. The number of nitrogens with one attached hydrogen (secondary N) is 1. The standard InChI is InChI=1S/C19H13ClF4N4/c1-2-28-16(9-17(27-28)19(22,23)24)13-7-6-12-14(26-13)8-15(25-12)18-10(20)4-3-5-11(18)21/h3-9,25H,2H2,1H3. The van der Waals surface area contributed by atoms with Crippen LogP contribution in [0.5, 0.6) is 0 Å². The van der Waals surface area contributed by atoms with E-state index in [2.05, 4.69) is 15.1 Å². The molecule has 3 aromatic heterocycles. The minimum Gasteiger partial charge on any atom is -0.353 e. The van der Waals surface area contributed by atoms with Crippen molar-refractivity contribution in [1.29, 1.82) is 0 Å². The average molecular weight is 409 g/mol. The number of halogens is 5. The Kier molecular flexibility index (Phi) is 4.38. The highest BCUT2D eigenvalue weighted by atomic mass is 35.5. The fourth-order valence-electron chi connectivity index (χ4n) is 3.04. The maximum atomic E-state index is 14.2. The number of pyridine rings is 1. The van der Waals surface area contributed by atoms with E-state index in [4.69, 9.17) is 11.6 Å². The normalized spacial score (nSPS) is 12.1. The highest BCUT2D eigenvalue weighted by molar-refractivity contribution is 6.33. The Morgan fingerprint density at radius 3 is 2.61 bits per heavy atom. The third kappa shape index (κ3) is 3.13. The Labute approximate surface area is 161 Å². The summed E-state index contributed by atoms with van der Waals surface area (Å²) in [4.78, 5) is 7.47. The molecule has 1 aromatic carbocycles. The van der Waals surface area contributed by atoms with Crippen LogP contribution >= 0.6 is 11.6 Å². The van der Waals surface area contributed by atoms with Gasteiger partial charge in [-0.25, -0.2) is 9.37 Å². The number of alkyl halides is 3. The predicted molar refractivity (Wildman–Crippen MR) is 98.4 cm³/mol. The molecule has 4 nitrogen and oxygen atoms in total. The third-order valence-electron chi connectivity index (χ3n) is 4.34. The fourth-order valence-corrected chi connectivity index (χ4v) is 3.31. The molecule has 3 heterocycles. The van der Waals surface area contributed by atoms with Gasteiger partial charge in [0.05, 0.1) is 38.7 Å². The molecule has 0 spiro atoms. The molecule has 144 valence electrons. The molecule has 28 heavy (non-hydrogen) atoms. The first kappa shape index (κ1) is 18.5. The minimum atomic E-state index is -4.54. The molecule has 0 saturated heterocycles. The first-order chi connectivity index (χ1) is 13.3. The molecule has 1 N–H and O–H groups in total. The van der Waals surface area contributed by atoms with Crippen molar-refractivity contribution in [2.75, 3.05) is 0 Å². The maximum Gasteiger partial charge on any atom is 0.435 e. The summed E-state index contributed by atoms with van der Waals surface area (Å²) < 4.78 is 54.4. The number of hydrogen-bond acceptors (Lipinski definition) is 2. The second-order valence-corrected chi connectivity index (χ2v) is 6.54. The lowest BCUT2D eigenvalue weighted by molar-refractivity contribution is -0.141. The van der Waals surface area contributed by atoms with Crippen LogP contribution < -0.4 is 0 Å². The molecule has 4 rings (SSSR count). The Morgan fingerprint density at radius 1 is 1.14 bits per heavy atom. The van der Waals surface area contributed by atoms with Crippen molar-refractivity contribution in [3.63, 3.8) is 0 Å². The van der Waals surface area contributed by atoms with Gasteiger partial charge in [-0.1, -0.05) is 17.7 Å². The first-order valence-corrected chi connectivity index (χ1v) is 8.75. The van der Waals surface area contributed by atoms with Crippen LogP contribution in [0.2, 0.25) is 5.02 Å². The van der Waals surface area contributed by atoms with Crippen molar-refractivity contribution >= 4 is 22.6 Å². The lowest BCUT2D eigenvalue weighted by Crippen LogP contribution is -2.07. The van der Waals surface area contributed by atoms with E-state index in [1.807, 2.05) is 0 Å². The van der Waals surface area contributed by atoms with Crippen molar-refractivity contribution in [2.24, 2.45) is 0 Å². The average Bonchev–Trinajstić information content (AvgIpc) is 3.24. The Balaban J connectivity index is 1.83. The molecule has 0 aliphatic carbocycles. The Bertz CT molecular complexity index is 1160. The molecule has 0 aliphatic heterocycles. The van der Waals surface area contributed by atoms with E-state index < -0.39 is 17.7 Å². The summed E-state index contributed by atoms with van der Waals surface area (Å²) in [5.74, 6) is -0.488. The monoisotopic (exact) mass is 408 g/mol. The summed E-state index contributed by atoms with van der Waals surface area (Å²) in [6.07, 6.45) is -4.54. The molecule has 0 bridgehead atoms. The van der Waals surface area contributed by atoms with Crippen LogP contribution in [0.3, 0.4) is 0 Å². The fraction of sp³-hybridized carbons (Fsp3) is 0.158. The predicted octanol–water partition coefficient (Wildman–Crippen LogP) is 5.92. The molecule has 0 saturated carbocycles. The van der Waals surface area contributed by atoms with E-state index in [0.717, 1.165) is 6.07 Å². The number of rotatable bonds is 3. The van der Waals surface area contributed by atoms with Crippen molar-refractivity contribution in [2.45, 2.75) is 19.6 Å². The minimum absolute atomic E-state index is 0.210. The second kappa shape index (κ2) is 6.63. The topological polar surface area (TPSA) is 46.5 Å². The van der Waals surface area contributed by atoms with Gasteiger partial charge in [-0.15, -0.1) is 0 Å². The molecule has 0 unspecified atom stereocenters. The Morgan fingerprint density at radius 2 is 1.93 bits per heavy atom. The zero-order valence-electron chi connectivity index (χ0n) is 14.5. The number of aryl methyl sites for hydroxylation is 1. The van der Waals surface area contributed by atoms with Crippen LogP contribution in [0.1, 0.15) is 12.6 Å². The van der Waals surface area contributed by atoms with Gasteiger partial charge in [0.15, 0.2) is 5.69 Å². The number of benzene rings is 1. The van der Waals surface area contributed by atoms with Gasteiger partial charge in [0.2, 0.25) is 0 Å². The second-order valence-electron chi connectivity index (χ2n) is 6.14. The van der Waals surface area contributed by atoms with Crippen LogP contribution in [0.25, 0.3) is 33.7 Å². The zero-order valence-corrected chi connectivity index (χ0v) is 15.2. The van der Waals surface area contributed by atoms with E-state index in [1.54, 1.807) is 31.2 Å². The van der Waals surface area contributed by atoms with Gasteiger partial charge in [0, 0.05) is 6.54 Å². The Hall–Kier alpha value is -2.87. The van der Waals surface area contributed by atoms with Crippen LogP contribution in [0.4, 0.5) is 17.6 Å². The van der Waals surface area contributed by atoms with Crippen LogP contribution in [-0.2, 0) is 12.7 Å². The van der Waals surface area contributed by atoms with E-state index in [0.29, 0.717) is 22.4 Å². The maximum absolute atomic E-state index is 14.2. The van der Waals surface area contributed by atoms with Crippen molar-refractivity contribution in [1.82, 2.24) is 19.7 Å². The summed E-state index contributed by atoms with van der Waals surface area (Å²) in [6, 6.07) is 10.2. The van der Waals surface area contributed by atoms with Gasteiger partial charge in [-0.05, 0) is 43.3 Å². The van der Waals surface area contributed by atoms with Crippen LogP contribution in [-0.4, -0.2) is 19.7 Å². The summed E-state index contributed by atoms with van der Waals surface area (Å²) in [6.45, 7) is 1.96. The number of H-pyrrole nitrogens is 1. The first-order valence-electron chi connectivity index (χ1n) is 8.37. The summed E-state index contributed by atoms with van der Waals surface area (Å²) >= 11 is 6.11.